The Morgan fingerprint density at radius 2 is 1.71 bits per heavy atom. The summed E-state index contributed by atoms with van der Waals surface area (Å²) in [6.07, 6.45) is 5.47. The zero-order valence-electron chi connectivity index (χ0n) is 14.7. The lowest BCUT2D eigenvalue weighted by Gasteiger charge is -2.27. The van der Waals surface area contributed by atoms with Gasteiger partial charge < -0.3 is 15.1 Å². The van der Waals surface area contributed by atoms with Crippen molar-refractivity contribution in [3.63, 3.8) is 0 Å². The Kier molecular flexibility index (Phi) is 5.51. The molecule has 1 fully saturated rings. The summed E-state index contributed by atoms with van der Waals surface area (Å²) in [5, 5.41) is 3.39. The van der Waals surface area contributed by atoms with Crippen molar-refractivity contribution in [3.05, 3.63) is 36.7 Å². The molecule has 2 heterocycles. The van der Waals surface area contributed by atoms with E-state index in [2.05, 4.69) is 63.2 Å². The van der Waals surface area contributed by atoms with Crippen LogP contribution in [0, 0.1) is 0 Å². The standard InChI is InChI=1S/C19H27N5/c1-3-23(4-2)17-10-8-16(9-11-17)22-18-14-19(21-15-20-18)24-12-6-5-7-13-24/h8-11,14-15H,3-7,12-13H2,1-2H3,(H,20,21,22). The molecule has 0 saturated carbocycles. The average Bonchev–Trinajstić information content (AvgIpc) is 2.65. The number of benzene rings is 1. The molecular weight excluding hydrogens is 298 g/mol. The highest BCUT2D eigenvalue weighted by atomic mass is 15.2. The van der Waals surface area contributed by atoms with Gasteiger partial charge in [0, 0.05) is 43.6 Å². The molecule has 0 unspecified atom stereocenters. The monoisotopic (exact) mass is 325 g/mol. The van der Waals surface area contributed by atoms with Gasteiger partial charge in [-0.2, -0.15) is 0 Å². The van der Waals surface area contributed by atoms with Gasteiger partial charge in [0.2, 0.25) is 0 Å². The highest BCUT2D eigenvalue weighted by Crippen LogP contribution is 2.23. The summed E-state index contributed by atoms with van der Waals surface area (Å²) in [6.45, 7) is 8.59. The fourth-order valence-electron chi connectivity index (χ4n) is 3.20. The topological polar surface area (TPSA) is 44.3 Å². The van der Waals surface area contributed by atoms with E-state index in [1.165, 1.54) is 24.9 Å². The smallest absolute Gasteiger partial charge is 0.135 e. The van der Waals surface area contributed by atoms with E-state index in [1.807, 2.05) is 6.07 Å². The second-order valence-electron chi connectivity index (χ2n) is 6.15. The highest BCUT2D eigenvalue weighted by molar-refractivity contribution is 5.62. The molecule has 0 amide bonds. The first-order valence-corrected chi connectivity index (χ1v) is 8.99. The minimum absolute atomic E-state index is 0.848. The fraction of sp³-hybridized carbons (Fsp3) is 0.474. The second kappa shape index (κ2) is 7.99. The quantitative estimate of drug-likeness (QED) is 0.868. The molecule has 1 aliphatic heterocycles. The van der Waals surface area contributed by atoms with E-state index in [0.29, 0.717) is 0 Å². The van der Waals surface area contributed by atoms with Gasteiger partial charge in [0.15, 0.2) is 0 Å². The summed E-state index contributed by atoms with van der Waals surface area (Å²) in [6, 6.07) is 10.6. The van der Waals surface area contributed by atoms with E-state index >= 15 is 0 Å². The Labute approximate surface area is 144 Å². The lowest BCUT2D eigenvalue weighted by atomic mass is 10.1. The molecule has 5 nitrogen and oxygen atoms in total. The predicted octanol–water partition coefficient (Wildman–Crippen LogP) is 4.06. The van der Waals surface area contributed by atoms with E-state index in [0.717, 1.165) is 43.5 Å². The van der Waals surface area contributed by atoms with Gasteiger partial charge in [-0.1, -0.05) is 0 Å². The molecule has 1 aliphatic rings. The second-order valence-corrected chi connectivity index (χ2v) is 6.15. The van der Waals surface area contributed by atoms with Crippen molar-refractivity contribution < 1.29 is 0 Å². The van der Waals surface area contributed by atoms with Gasteiger partial charge in [-0.3, -0.25) is 0 Å². The largest absolute Gasteiger partial charge is 0.372 e. The van der Waals surface area contributed by atoms with Crippen LogP contribution >= 0.6 is 0 Å². The van der Waals surface area contributed by atoms with Crippen molar-refractivity contribution in [3.8, 4) is 0 Å². The van der Waals surface area contributed by atoms with Crippen molar-refractivity contribution >= 4 is 23.0 Å². The summed E-state index contributed by atoms with van der Waals surface area (Å²) in [7, 11) is 0. The van der Waals surface area contributed by atoms with Crippen molar-refractivity contribution in [1.29, 1.82) is 0 Å². The molecule has 0 aliphatic carbocycles. The Hall–Kier alpha value is -2.30. The Bertz CT molecular complexity index is 630. The number of rotatable bonds is 6. The van der Waals surface area contributed by atoms with E-state index < -0.39 is 0 Å². The Morgan fingerprint density at radius 3 is 2.38 bits per heavy atom. The highest BCUT2D eigenvalue weighted by Gasteiger charge is 2.12. The van der Waals surface area contributed by atoms with E-state index in [1.54, 1.807) is 6.33 Å². The molecule has 1 N–H and O–H groups in total. The molecule has 128 valence electrons. The molecule has 0 atom stereocenters. The van der Waals surface area contributed by atoms with Crippen LogP contribution in [0.15, 0.2) is 36.7 Å². The minimum Gasteiger partial charge on any atom is -0.372 e. The van der Waals surface area contributed by atoms with Crippen molar-refractivity contribution in [1.82, 2.24) is 9.97 Å². The maximum Gasteiger partial charge on any atom is 0.135 e. The zero-order valence-corrected chi connectivity index (χ0v) is 14.7. The molecule has 1 saturated heterocycles. The summed E-state index contributed by atoms with van der Waals surface area (Å²) in [5.74, 6) is 1.87. The molecule has 5 heteroatoms. The molecule has 3 rings (SSSR count). The van der Waals surface area contributed by atoms with Gasteiger partial charge in [-0.05, 0) is 57.4 Å². The van der Waals surface area contributed by atoms with Gasteiger partial charge in [0.1, 0.15) is 18.0 Å². The number of hydrogen-bond donors (Lipinski definition) is 1. The summed E-state index contributed by atoms with van der Waals surface area (Å²) in [4.78, 5) is 13.5. The first-order valence-electron chi connectivity index (χ1n) is 8.99. The Morgan fingerprint density at radius 1 is 1.00 bits per heavy atom. The molecule has 0 radical (unpaired) electrons. The number of aromatic nitrogens is 2. The van der Waals surface area contributed by atoms with Gasteiger partial charge in [0.25, 0.3) is 0 Å². The first kappa shape index (κ1) is 16.6. The van der Waals surface area contributed by atoms with E-state index in [-0.39, 0.29) is 0 Å². The molecule has 0 bridgehead atoms. The summed E-state index contributed by atoms with van der Waals surface area (Å²) in [5.41, 5.74) is 2.30. The minimum atomic E-state index is 0.848. The third kappa shape index (κ3) is 3.96. The van der Waals surface area contributed by atoms with Crippen LogP contribution in [0.2, 0.25) is 0 Å². The maximum absolute atomic E-state index is 4.43. The SMILES string of the molecule is CCN(CC)c1ccc(Nc2cc(N3CCCCC3)ncn2)cc1. The van der Waals surface area contributed by atoms with E-state index in [9.17, 15) is 0 Å². The lowest BCUT2D eigenvalue weighted by molar-refractivity contribution is 0.573. The molecule has 1 aromatic heterocycles. The van der Waals surface area contributed by atoms with Gasteiger partial charge >= 0.3 is 0 Å². The fourth-order valence-corrected chi connectivity index (χ4v) is 3.20. The first-order chi connectivity index (χ1) is 11.8. The number of piperidine rings is 1. The van der Waals surface area contributed by atoms with Crippen LogP contribution < -0.4 is 15.1 Å². The summed E-state index contributed by atoms with van der Waals surface area (Å²) < 4.78 is 0. The van der Waals surface area contributed by atoms with Crippen molar-refractivity contribution in [2.24, 2.45) is 0 Å². The number of anilines is 4. The number of hydrogen-bond acceptors (Lipinski definition) is 5. The van der Waals surface area contributed by atoms with Crippen LogP contribution in [0.1, 0.15) is 33.1 Å². The maximum atomic E-state index is 4.43. The zero-order chi connectivity index (χ0) is 16.8. The van der Waals surface area contributed by atoms with Crippen LogP contribution in [-0.2, 0) is 0 Å². The Balaban J connectivity index is 1.69. The van der Waals surface area contributed by atoms with Crippen LogP contribution in [0.3, 0.4) is 0 Å². The van der Waals surface area contributed by atoms with Crippen LogP contribution in [0.5, 0.6) is 0 Å². The van der Waals surface area contributed by atoms with Crippen molar-refractivity contribution in [2.75, 3.05) is 41.3 Å². The predicted molar refractivity (Wildman–Crippen MR) is 101 cm³/mol. The van der Waals surface area contributed by atoms with Crippen molar-refractivity contribution in [2.45, 2.75) is 33.1 Å². The summed E-state index contributed by atoms with van der Waals surface area (Å²) >= 11 is 0. The molecule has 1 aromatic carbocycles. The number of nitrogens with one attached hydrogen (secondary N) is 1. The van der Waals surface area contributed by atoms with E-state index in [4.69, 9.17) is 0 Å². The van der Waals surface area contributed by atoms with Gasteiger partial charge in [0.05, 0.1) is 0 Å². The van der Waals surface area contributed by atoms with Gasteiger partial charge in [-0.25, -0.2) is 9.97 Å². The lowest BCUT2D eigenvalue weighted by Crippen LogP contribution is -2.30. The van der Waals surface area contributed by atoms with Gasteiger partial charge in [-0.15, -0.1) is 0 Å². The molecule has 2 aromatic rings. The van der Waals surface area contributed by atoms with Crippen LogP contribution in [0.25, 0.3) is 0 Å². The molecular formula is C19H27N5. The number of nitrogens with zero attached hydrogens (tertiary/aromatic N) is 4. The van der Waals surface area contributed by atoms with Crippen LogP contribution in [0.4, 0.5) is 23.0 Å². The van der Waals surface area contributed by atoms with Crippen LogP contribution in [-0.4, -0.2) is 36.1 Å². The third-order valence-electron chi connectivity index (χ3n) is 4.60. The molecule has 24 heavy (non-hydrogen) atoms. The molecule has 0 spiro atoms. The normalized spacial score (nSPS) is 14.5. The third-order valence-corrected chi connectivity index (χ3v) is 4.60. The average molecular weight is 325 g/mol.